The van der Waals surface area contributed by atoms with E-state index in [2.05, 4.69) is 49.0 Å². The van der Waals surface area contributed by atoms with E-state index in [0.29, 0.717) is 12.0 Å². The predicted octanol–water partition coefficient (Wildman–Crippen LogP) is 4.60. The molecule has 0 amide bonds. The summed E-state index contributed by atoms with van der Waals surface area (Å²) < 4.78 is 5.41. The average molecular weight is 338 g/mol. The SMILES string of the molecule is C=C(CC)C(=O)OCc1cc(C)ccc1-c1ccc(CCCO)cc1. The summed E-state index contributed by atoms with van der Waals surface area (Å²) in [6.07, 6.45) is 2.23. The van der Waals surface area contributed by atoms with Crippen molar-refractivity contribution in [1.29, 1.82) is 0 Å². The smallest absolute Gasteiger partial charge is 0.333 e. The van der Waals surface area contributed by atoms with E-state index in [1.807, 2.05) is 13.8 Å². The highest BCUT2D eigenvalue weighted by molar-refractivity contribution is 5.87. The summed E-state index contributed by atoms with van der Waals surface area (Å²) in [6, 6.07) is 14.5. The first-order chi connectivity index (χ1) is 12.0. The minimum absolute atomic E-state index is 0.207. The van der Waals surface area contributed by atoms with Crippen LogP contribution < -0.4 is 0 Å². The first kappa shape index (κ1) is 18.9. The van der Waals surface area contributed by atoms with Gasteiger partial charge in [-0.05, 0) is 48.4 Å². The van der Waals surface area contributed by atoms with Crippen molar-refractivity contribution in [3.8, 4) is 11.1 Å². The van der Waals surface area contributed by atoms with Gasteiger partial charge in [-0.1, -0.05) is 61.5 Å². The summed E-state index contributed by atoms with van der Waals surface area (Å²) >= 11 is 0. The monoisotopic (exact) mass is 338 g/mol. The van der Waals surface area contributed by atoms with Crippen LogP contribution in [0.1, 0.15) is 36.5 Å². The van der Waals surface area contributed by atoms with Gasteiger partial charge in [0.1, 0.15) is 6.61 Å². The first-order valence-corrected chi connectivity index (χ1v) is 8.69. The van der Waals surface area contributed by atoms with Gasteiger partial charge < -0.3 is 9.84 Å². The van der Waals surface area contributed by atoms with Crippen LogP contribution in [-0.2, 0) is 22.6 Å². The fraction of sp³-hybridized carbons (Fsp3) is 0.318. The molecule has 25 heavy (non-hydrogen) atoms. The Morgan fingerprint density at radius 1 is 1.16 bits per heavy atom. The number of aryl methyl sites for hydroxylation is 2. The van der Waals surface area contributed by atoms with E-state index in [1.165, 1.54) is 5.56 Å². The van der Waals surface area contributed by atoms with Crippen molar-refractivity contribution >= 4 is 5.97 Å². The maximum atomic E-state index is 11.9. The molecule has 2 aromatic rings. The Bertz CT molecular complexity index is 729. The lowest BCUT2D eigenvalue weighted by molar-refractivity contribution is -0.140. The van der Waals surface area contributed by atoms with Gasteiger partial charge in [0.15, 0.2) is 0 Å². The molecule has 3 nitrogen and oxygen atoms in total. The van der Waals surface area contributed by atoms with Crippen molar-refractivity contribution in [2.45, 2.75) is 39.7 Å². The van der Waals surface area contributed by atoms with Crippen LogP contribution in [0.3, 0.4) is 0 Å². The van der Waals surface area contributed by atoms with E-state index in [9.17, 15) is 4.79 Å². The van der Waals surface area contributed by atoms with Gasteiger partial charge in [-0.15, -0.1) is 0 Å². The number of aliphatic hydroxyl groups excluding tert-OH is 1. The summed E-state index contributed by atoms with van der Waals surface area (Å²) in [5.41, 5.74) is 5.96. The van der Waals surface area contributed by atoms with Gasteiger partial charge in [-0.25, -0.2) is 4.79 Å². The van der Waals surface area contributed by atoms with Crippen LogP contribution in [-0.4, -0.2) is 17.7 Å². The third-order valence-electron chi connectivity index (χ3n) is 4.22. The normalized spacial score (nSPS) is 10.5. The molecule has 0 fully saturated rings. The number of hydrogen-bond acceptors (Lipinski definition) is 3. The highest BCUT2D eigenvalue weighted by atomic mass is 16.5. The fourth-order valence-corrected chi connectivity index (χ4v) is 2.65. The number of rotatable bonds is 8. The summed E-state index contributed by atoms with van der Waals surface area (Å²) in [5.74, 6) is -0.339. The van der Waals surface area contributed by atoms with E-state index in [0.717, 1.165) is 35.1 Å². The van der Waals surface area contributed by atoms with Gasteiger partial charge >= 0.3 is 5.97 Å². The molecule has 1 N–H and O–H groups in total. The van der Waals surface area contributed by atoms with Crippen LogP contribution in [0.15, 0.2) is 54.6 Å². The summed E-state index contributed by atoms with van der Waals surface area (Å²) in [5, 5.41) is 8.94. The minimum Gasteiger partial charge on any atom is -0.457 e. The molecule has 0 aliphatic carbocycles. The Labute approximate surface area is 150 Å². The van der Waals surface area contributed by atoms with Crippen LogP contribution in [0.25, 0.3) is 11.1 Å². The lowest BCUT2D eigenvalue weighted by Crippen LogP contribution is -2.07. The minimum atomic E-state index is -0.339. The van der Waals surface area contributed by atoms with E-state index < -0.39 is 0 Å². The third kappa shape index (κ3) is 5.30. The van der Waals surface area contributed by atoms with Crippen LogP contribution in [0.2, 0.25) is 0 Å². The Morgan fingerprint density at radius 2 is 1.88 bits per heavy atom. The second kappa shape index (κ2) is 9.19. The van der Waals surface area contributed by atoms with Crippen LogP contribution in [0.5, 0.6) is 0 Å². The standard InChI is InChI=1S/C22H26O3/c1-4-17(3)22(24)25-15-20-14-16(2)7-12-21(20)19-10-8-18(9-11-19)6-5-13-23/h7-12,14,23H,3-6,13,15H2,1-2H3. The number of aliphatic hydroxyl groups is 1. The summed E-state index contributed by atoms with van der Waals surface area (Å²) in [4.78, 5) is 11.9. The predicted molar refractivity (Wildman–Crippen MR) is 101 cm³/mol. The molecule has 2 rings (SSSR count). The van der Waals surface area contributed by atoms with Crippen molar-refractivity contribution in [2.24, 2.45) is 0 Å². The molecule has 0 heterocycles. The van der Waals surface area contributed by atoms with Crippen molar-refractivity contribution < 1.29 is 14.6 Å². The van der Waals surface area contributed by atoms with Crippen molar-refractivity contribution in [3.63, 3.8) is 0 Å². The number of esters is 1. The number of ether oxygens (including phenoxy) is 1. The summed E-state index contributed by atoms with van der Waals surface area (Å²) in [7, 11) is 0. The lowest BCUT2D eigenvalue weighted by Gasteiger charge is -2.13. The number of carbonyl (C=O) groups is 1. The second-order valence-corrected chi connectivity index (χ2v) is 6.22. The van der Waals surface area contributed by atoms with E-state index >= 15 is 0 Å². The lowest BCUT2D eigenvalue weighted by atomic mass is 9.96. The molecule has 3 heteroatoms. The van der Waals surface area contributed by atoms with Gasteiger partial charge in [-0.3, -0.25) is 0 Å². The zero-order chi connectivity index (χ0) is 18.2. The fourth-order valence-electron chi connectivity index (χ4n) is 2.65. The van der Waals surface area contributed by atoms with Crippen molar-refractivity contribution in [1.82, 2.24) is 0 Å². The zero-order valence-electron chi connectivity index (χ0n) is 15.0. The zero-order valence-corrected chi connectivity index (χ0v) is 15.0. The molecule has 0 aromatic heterocycles. The molecule has 0 bridgehead atoms. The van der Waals surface area contributed by atoms with Crippen LogP contribution in [0, 0.1) is 6.92 Å². The quantitative estimate of drug-likeness (QED) is 0.565. The maximum absolute atomic E-state index is 11.9. The Kier molecular flexibility index (Phi) is 6.96. The highest BCUT2D eigenvalue weighted by Gasteiger charge is 2.10. The molecule has 0 saturated heterocycles. The third-order valence-corrected chi connectivity index (χ3v) is 4.22. The molecular weight excluding hydrogens is 312 g/mol. The Balaban J connectivity index is 2.20. The molecule has 0 radical (unpaired) electrons. The van der Waals surface area contributed by atoms with Gasteiger partial charge in [0, 0.05) is 12.2 Å². The number of hydrogen-bond donors (Lipinski definition) is 1. The first-order valence-electron chi connectivity index (χ1n) is 8.69. The molecule has 0 unspecified atom stereocenters. The largest absolute Gasteiger partial charge is 0.457 e. The van der Waals surface area contributed by atoms with Crippen LogP contribution in [0.4, 0.5) is 0 Å². The topological polar surface area (TPSA) is 46.5 Å². The molecule has 0 aliphatic rings. The number of benzene rings is 2. The molecule has 2 aromatic carbocycles. The van der Waals surface area contributed by atoms with E-state index in [4.69, 9.17) is 9.84 Å². The second-order valence-electron chi connectivity index (χ2n) is 6.22. The molecule has 0 spiro atoms. The molecule has 0 aliphatic heterocycles. The molecule has 0 saturated carbocycles. The van der Waals surface area contributed by atoms with Gasteiger partial charge in [0.2, 0.25) is 0 Å². The molecule has 0 atom stereocenters. The number of carbonyl (C=O) groups excluding carboxylic acids is 1. The van der Waals surface area contributed by atoms with Crippen molar-refractivity contribution in [2.75, 3.05) is 6.61 Å². The Hall–Kier alpha value is -2.39. The van der Waals surface area contributed by atoms with Gasteiger partial charge in [0.05, 0.1) is 0 Å². The molecule has 132 valence electrons. The van der Waals surface area contributed by atoms with Gasteiger partial charge in [0.25, 0.3) is 0 Å². The van der Waals surface area contributed by atoms with E-state index in [-0.39, 0.29) is 19.2 Å². The highest BCUT2D eigenvalue weighted by Crippen LogP contribution is 2.26. The maximum Gasteiger partial charge on any atom is 0.333 e. The van der Waals surface area contributed by atoms with Crippen molar-refractivity contribution in [3.05, 3.63) is 71.3 Å². The van der Waals surface area contributed by atoms with Gasteiger partial charge in [-0.2, -0.15) is 0 Å². The molecular formula is C22H26O3. The average Bonchev–Trinajstić information content (AvgIpc) is 2.64. The summed E-state index contributed by atoms with van der Waals surface area (Å²) in [6.45, 7) is 8.08. The van der Waals surface area contributed by atoms with Crippen LogP contribution >= 0.6 is 0 Å². The van der Waals surface area contributed by atoms with E-state index in [1.54, 1.807) is 0 Å². The Morgan fingerprint density at radius 3 is 2.52 bits per heavy atom.